The molecule has 0 aliphatic rings. The summed E-state index contributed by atoms with van der Waals surface area (Å²) in [6.45, 7) is 8.26. The molecule has 0 aromatic heterocycles. The molecule has 4 heteroatoms. The van der Waals surface area contributed by atoms with Gasteiger partial charge >= 0.3 is 0 Å². The number of rotatable bonds is 10. The lowest BCUT2D eigenvalue weighted by Crippen LogP contribution is -2.38. The van der Waals surface area contributed by atoms with Gasteiger partial charge in [-0.15, -0.1) is 0 Å². The third-order valence-electron chi connectivity index (χ3n) is 3.52. The third-order valence-corrected chi connectivity index (χ3v) is 3.52. The fraction of sp³-hybridized carbons (Fsp3) is 0.647. The summed E-state index contributed by atoms with van der Waals surface area (Å²) in [5.41, 5.74) is 1.25. The van der Waals surface area contributed by atoms with Crippen molar-refractivity contribution in [3.63, 3.8) is 0 Å². The smallest absolute Gasteiger partial charge is 0.119 e. The minimum atomic E-state index is 0.288. The molecule has 0 amide bonds. The van der Waals surface area contributed by atoms with Gasteiger partial charge in [-0.05, 0) is 30.7 Å². The van der Waals surface area contributed by atoms with Crippen LogP contribution in [-0.4, -0.2) is 52.4 Å². The van der Waals surface area contributed by atoms with Gasteiger partial charge in [-0.3, -0.25) is 4.90 Å². The fourth-order valence-corrected chi connectivity index (χ4v) is 2.47. The molecule has 0 spiro atoms. The zero-order valence-corrected chi connectivity index (χ0v) is 14.1. The monoisotopic (exact) mass is 294 g/mol. The summed E-state index contributed by atoms with van der Waals surface area (Å²) >= 11 is 0. The molecule has 1 aromatic rings. The molecule has 1 N–H and O–H groups in total. The fourth-order valence-electron chi connectivity index (χ4n) is 2.47. The van der Waals surface area contributed by atoms with E-state index in [1.54, 1.807) is 14.2 Å². The highest BCUT2D eigenvalue weighted by Gasteiger charge is 2.16. The number of benzene rings is 1. The molecule has 0 fully saturated rings. The van der Waals surface area contributed by atoms with Gasteiger partial charge in [0, 0.05) is 32.8 Å². The minimum absolute atomic E-state index is 0.288. The maximum absolute atomic E-state index is 5.32. The summed E-state index contributed by atoms with van der Waals surface area (Å²) in [7, 11) is 5.47. The van der Waals surface area contributed by atoms with E-state index in [4.69, 9.17) is 9.47 Å². The molecule has 0 aliphatic heterocycles. The lowest BCUT2D eigenvalue weighted by molar-refractivity contribution is 0.133. The van der Waals surface area contributed by atoms with Crippen molar-refractivity contribution in [2.45, 2.75) is 19.9 Å². The van der Waals surface area contributed by atoms with Crippen LogP contribution in [0.1, 0.15) is 25.5 Å². The van der Waals surface area contributed by atoms with Crippen LogP contribution in [0.15, 0.2) is 24.3 Å². The largest absolute Gasteiger partial charge is 0.497 e. The average molecular weight is 294 g/mol. The molecule has 1 atom stereocenters. The number of ether oxygens (including phenoxy) is 2. The Bertz CT molecular complexity index is 396. The molecule has 120 valence electrons. The van der Waals surface area contributed by atoms with Gasteiger partial charge < -0.3 is 14.8 Å². The lowest BCUT2D eigenvalue weighted by Gasteiger charge is -2.29. The Morgan fingerprint density at radius 2 is 1.95 bits per heavy atom. The van der Waals surface area contributed by atoms with E-state index in [1.807, 2.05) is 19.2 Å². The van der Waals surface area contributed by atoms with Crippen LogP contribution in [0.3, 0.4) is 0 Å². The Morgan fingerprint density at radius 1 is 1.19 bits per heavy atom. The Hall–Kier alpha value is -1.10. The van der Waals surface area contributed by atoms with Gasteiger partial charge in [0.1, 0.15) is 5.75 Å². The summed E-state index contributed by atoms with van der Waals surface area (Å²) in [4.78, 5) is 2.45. The maximum Gasteiger partial charge on any atom is 0.119 e. The third kappa shape index (κ3) is 6.46. The second-order valence-corrected chi connectivity index (χ2v) is 5.76. The number of nitrogens with zero attached hydrogens (tertiary/aromatic N) is 1. The van der Waals surface area contributed by atoms with Crippen LogP contribution >= 0.6 is 0 Å². The predicted octanol–water partition coefficient (Wildman–Crippen LogP) is 2.56. The Morgan fingerprint density at radius 3 is 2.52 bits per heavy atom. The molecule has 0 saturated heterocycles. The summed E-state index contributed by atoms with van der Waals surface area (Å²) in [6.07, 6.45) is 0. The molecule has 4 nitrogen and oxygen atoms in total. The van der Waals surface area contributed by atoms with Crippen LogP contribution in [0.5, 0.6) is 5.75 Å². The summed E-state index contributed by atoms with van der Waals surface area (Å²) in [6, 6.07) is 8.56. The van der Waals surface area contributed by atoms with Crippen molar-refractivity contribution in [2.24, 2.45) is 5.92 Å². The molecule has 1 unspecified atom stereocenters. The second kappa shape index (κ2) is 9.77. The summed E-state index contributed by atoms with van der Waals surface area (Å²) in [5, 5.41) is 3.41. The van der Waals surface area contributed by atoms with E-state index < -0.39 is 0 Å². The van der Waals surface area contributed by atoms with Gasteiger partial charge in [0.05, 0.1) is 13.7 Å². The molecular weight excluding hydrogens is 264 g/mol. The van der Waals surface area contributed by atoms with E-state index in [2.05, 4.69) is 36.2 Å². The molecule has 1 aromatic carbocycles. The van der Waals surface area contributed by atoms with Crippen LogP contribution in [0.25, 0.3) is 0 Å². The molecule has 0 aliphatic carbocycles. The molecule has 0 radical (unpaired) electrons. The Kier molecular flexibility index (Phi) is 8.35. The molecule has 1 rings (SSSR count). The molecule has 21 heavy (non-hydrogen) atoms. The van der Waals surface area contributed by atoms with Crippen LogP contribution in [0, 0.1) is 5.92 Å². The van der Waals surface area contributed by atoms with Crippen LogP contribution in [-0.2, 0) is 4.74 Å². The van der Waals surface area contributed by atoms with Gasteiger partial charge in [0.2, 0.25) is 0 Å². The second-order valence-electron chi connectivity index (χ2n) is 5.76. The van der Waals surface area contributed by atoms with Gasteiger partial charge in [-0.25, -0.2) is 0 Å². The van der Waals surface area contributed by atoms with Crippen LogP contribution in [0.2, 0.25) is 0 Å². The van der Waals surface area contributed by atoms with Crippen molar-refractivity contribution in [2.75, 3.05) is 47.5 Å². The quantitative estimate of drug-likeness (QED) is 0.719. The van der Waals surface area contributed by atoms with E-state index in [1.165, 1.54) is 5.56 Å². The molecule has 0 saturated carbocycles. The topological polar surface area (TPSA) is 33.7 Å². The van der Waals surface area contributed by atoms with Gasteiger partial charge in [-0.1, -0.05) is 26.0 Å². The number of hydrogen-bond acceptors (Lipinski definition) is 4. The first kappa shape index (κ1) is 18.0. The van der Waals surface area contributed by atoms with E-state index in [9.17, 15) is 0 Å². The standard InChI is InChI=1S/C17H30N2O2/c1-14(2)12-19(9-10-20-4)13-17(18-3)15-7-6-8-16(11-15)21-5/h6-8,11,14,17-18H,9-10,12-13H2,1-5H3. The Labute approximate surface area is 129 Å². The number of hydrogen-bond donors (Lipinski definition) is 1. The van der Waals surface area contributed by atoms with E-state index in [0.29, 0.717) is 5.92 Å². The minimum Gasteiger partial charge on any atom is -0.497 e. The maximum atomic E-state index is 5.32. The zero-order valence-electron chi connectivity index (χ0n) is 14.1. The highest BCUT2D eigenvalue weighted by atomic mass is 16.5. The van der Waals surface area contributed by atoms with Gasteiger partial charge in [0.15, 0.2) is 0 Å². The first-order chi connectivity index (χ1) is 10.1. The van der Waals surface area contributed by atoms with E-state index >= 15 is 0 Å². The zero-order chi connectivity index (χ0) is 15.7. The lowest BCUT2D eigenvalue weighted by atomic mass is 10.1. The van der Waals surface area contributed by atoms with Crippen LogP contribution < -0.4 is 10.1 Å². The first-order valence-electron chi connectivity index (χ1n) is 7.63. The summed E-state index contributed by atoms with van der Waals surface area (Å²) in [5.74, 6) is 1.55. The molecule has 0 heterocycles. The number of nitrogens with one attached hydrogen (secondary N) is 1. The van der Waals surface area contributed by atoms with E-state index in [-0.39, 0.29) is 6.04 Å². The number of likely N-dealkylation sites (N-methyl/N-ethyl adjacent to an activating group) is 1. The Balaban J connectivity index is 2.75. The highest BCUT2D eigenvalue weighted by Crippen LogP contribution is 2.20. The molecular formula is C17H30N2O2. The van der Waals surface area contributed by atoms with Gasteiger partial charge in [-0.2, -0.15) is 0 Å². The van der Waals surface area contributed by atoms with Crippen molar-refractivity contribution >= 4 is 0 Å². The van der Waals surface area contributed by atoms with Crippen molar-refractivity contribution in [3.05, 3.63) is 29.8 Å². The van der Waals surface area contributed by atoms with E-state index in [0.717, 1.165) is 32.0 Å². The van der Waals surface area contributed by atoms with Gasteiger partial charge in [0.25, 0.3) is 0 Å². The van der Waals surface area contributed by atoms with Crippen LogP contribution in [0.4, 0.5) is 0 Å². The SMILES string of the molecule is CNC(CN(CCOC)CC(C)C)c1cccc(OC)c1. The summed E-state index contributed by atoms with van der Waals surface area (Å²) < 4.78 is 10.6. The van der Waals surface area contributed by atoms with Crippen molar-refractivity contribution in [1.82, 2.24) is 10.2 Å². The number of methoxy groups -OCH3 is 2. The normalized spacial score (nSPS) is 12.9. The predicted molar refractivity (Wildman–Crippen MR) is 87.9 cm³/mol. The first-order valence-corrected chi connectivity index (χ1v) is 7.63. The highest BCUT2D eigenvalue weighted by molar-refractivity contribution is 5.30. The van der Waals surface area contributed by atoms with Crippen molar-refractivity contribution < 1.29 is 9.47 Å². The van der Waals surface area contributed by atoms with Crippen molar-refractivity contribution in [1.29, 1.82) is 0 Å². The average Bonchev–Trinajstić information content (AvgIpc) is 2.49. The van der Waals surface area contributed by atoms with Crippen molar-refractivity contribution in [3.8, 4) is 5.75 Å². The molecule has 0 bridgehead atoms.